The number of nitrogens with one attached hydrogen (secondary N) is 2. The zero-order valence-corrected chi connectivity index (χ0v) is 19.4. The second kappa shape index (κ2) is 10.9. The van der Waals surface area contributed by atoms with Crippen molar-refractivity contribution in [3.8, 4) is 11.1 Å². The van der Waals surface area contributed by atoms with E-state index in [2.05, 4.69) is 22.8 Å². The van der Waals surface area contributed by atoms with Gasteiger partial charge in [0.25, 0.3) is 0 Å². The zero-order chi connectivity index (χ0) is 24.8. The lowest BCUT2D eigenvalue weighted by Gasteiger charge is -2.22. The van der Waals surface area contributed by atoms with E-state index < -0.39 is 30.1 Å². The molecule has 7 nitrogen and oxygen atoms in total. The molecule has 0 unspecified atom stereocenters. The van der Waals surface area contributed by atoms with Crippen LogP contribution in [0.25, 0.3) is 11.1 Å². The first-order valence-corrected chi connectivity index (χ1v) is 11.7. The highest BCUT2D eigenvalue weighted by atomic mass is 16.5. The van der Waals surface area contributed by atoms with Gasteiger partial charge in [0.1, 0.15) is 18.7 Å². The van der Waals surface area contributed by atoms with Crippen LogP contribution in [0.1, 0.15) is 48.4 Å². The lowest BCUT2D eigenvalue weighted by Crippen LogP contribution is -2.47. The minimum Gasteiger partial charge on any atom is -0.480 e. The highest BCUT2D eigenvalue weighted by Gasteiger charge is 2.31. The number of hydrogen-bond acceptors (Lipinski definition) is 4. The molecule has 4 rings (SSSR count). The smallest absolute Gasteiger partial charge is 0.408 e. The predicted molar refractivity (Wildman–Crippen MR) is 132 cm³/mol. The molecule has 0 bridgehead atoms. The van der Waals surface area contributed by atoms with E-state index in [1.807, 2.05) is 43.3 Å². The average molecular weight is 473 g/mol. The van der Waals surface area contributed by atoms with E-state index >= 15 is 0 Å². The predicted octanol–water partition coefficient (Wildman–Crippen LogP) is 4.64. The van der Waals surface area contributed by atoms with E-state index in [9.17, 15) is 19.5 Å². The molecule has 1 aliphatic carbocycles. The van der Waals surface area contributed by atoms with Crippen LogP contribution >= 0.6 is 0 Å². The van der Waals surface area contributed by atoms with E-state index in [0.717, 1.165) is 22.3 Å². The van der Waals surface area contributed by atoms with Gasteiger partial charge in [-0.25, -0.2) is 9.59 Å². The van der Waals surface area contributed by atoms with Crippen LogP contribution in [0, 0.1) is 0 Å². The Kier molecular flexibility index (Phi) is 7.45. The number of benzene rings is 3. The SMILES string of the molecule is CCC[C@H](NC(=O)[C@H](NC(=O)OCC1c2ccccc2-c2ccccc21)c1ccccc1)C(=O)O. The Hall–Kier alpha value is -4.13. The first-order valence-electron chi connectivity index (χ1n) is 11.7. The molecule has 180 valence electrons. The molecule has 0 aromatic heterocycles. The lowest BCUT2D eigenvalue weighted by molar-refractivity contribution is -0.142. The Balaban J connectivity index is 1.48. The number of fused-ring (bicyclic) bond motifs is 3. The number of alkyl carbamates (subject to hydrolysis) is 1. The molecule has 0 saturated carbocycles. The Morgan fingerprint density at radius 3 is 2.00 bits per heavy atom. The maximum atomic E-state index is 13.0. The molecule has 7 heteroatoms. The molecular formula is C28H28N2O5. The summed E-state index contributed by atoms with van der Waals surface area (Å²) in [5.41, 5.74) is 4.94. The molecule has 0 fully saturated rings. The van der Waals surface area contributed by atoms with Crippen molar-refractivity contribution in [2.75, 3.05) is 6.61 Å². The van der Waals surface area contributed by atoms with Crippen molar-refractivity contribution in [2.45, 2.75) is 37.8 Å². The van der Waals surface area contributed by atoms with Gasteiger partial charge in [0, 0.05) is 5.92 Å². The molecule has 3 N–H and O–H groups in total. The largest absolute Gasteiger partial charge is 0.480 e. The molecule has 1 aliphatic rings. The number of rotatable bonds is 9. The third-order valence-electron chi connectivity index (χ3n) is 6.19. The van der Waals surface area contributed by atoms with Crippen LogP contribution in [0.3, 0.4) is 0 Å². The van der Waals surface area contributed by atoms with Crippen LogP contribution in [0.5, 0.6) is 0 Å². The van der Waals surface area contributed by atoms with Crippen molar-refractivity contribution in [2.24, 2.45) is 0 Å². The van der Waals surface area contributed by atoms with Gasteiger partial charge in [0.2, 0.25) is 5.91 Å². The number of carbonyl (C=O) groups is 3. The van der Waals surface area contributed by atoms with Gasteiger partial charge in [0.05, 0.1) is 0 Å². The summed E-state index contributed by atoms with van der Waals surface area (Å²) in [6.07, 6.45) is 0.124. The molecule has 0 saturated heterocycles. The van der Waals surface area contributed by atoms with Gasteiger partial charge in [-0.1, -0.05) is 92.2 Å². The van der Waals surface area contributed by atoms with Gasteiger partial charge < -0.3 is 20.5 Å². The van der Waals surface area contributed by atoms with Crippen LogP contribution in [0.15, 0.2) is 78.9 Å². The van der Waals surface area contributed by atoms with E-state index in [1.165, 1.54) is 0 Å². The standard InChI is InChI=1S/C28H28N2O5/c1-2-10-24(27(32)33)29-26(31)25(18-11-4-3-5-12-18)30-28(34)35-17-23-21-15-8-6-13-19(21)20-14-7-9-16-22(20)23/h3-9,11-16,23-25H,2,10,17H2,1H3,(H,29,31)(H,30,34)(H,32,33)/t24-,25+/m0/s1. The summed E-state index contributed by atoms with van der Waals surface area (Å²) in [6.45, 7) is 1.95. The molecule has 2 atom stereocenters. The molecule has 0 spiro atoms. The fraction of sp³-hybridized carbons (Fsp3) is 0.250. The minimum atomic E-state index is -1.12. The van der Waals surface area contributed by atoms with Crippen LogP contribution < -0.4 is 10.6 Å². The minimum absolute atomic E-state index is 0.108. The van der Waals surface area contributed by atoms with Gasteiger partial charge in [-0.15, -0.1) is 0 Å². The molecule has 2 amide bonds. The summed E-state index contributed by atoms with van der Waals surface area (Å²) < 4.78 is 5.60. The van der Waals surface area contributed by atoms with Gasteiger partial charge in [0.15, 0.2) is 0 Å². The number of aliphatic carboxylic acids is 1. The number of carboxylic acids is 1. The van der Waals surface area contributed by atoms with E-state index in [4.69, 9.17) is 4.74 Å². The van der Waals surface area contributed by atoms with Gasteiger partial charge in [-0.2, -0.15) is 0 Å². The Bertz CT molecular complexity index is 1170. The van der Waals surface area contributed by atoms with Crippen molar-refractivity contribution in [1.29, 1.82) is 0 Å². The monoisotopic (exact) mass is 472 g/mol. The topological polar surface area (TPSA) is 105 Å². The quantitative estimate of drug-likeness (QED) is 0.421. The molecule has 0 heterocycles. The Morgan fingerprint density at radius 1 is 0.857 bits per heavy atom. The summed E-state index contributed by atoms with van der Waals surface area (Å²) in [5, 5.41) is 14.6. The highest BCUT2D eigenvalue weighted by molar-refractivity contribution is 5.90. The molecule has 35 heavy (non-hydrogen) atoms. The summed E-state index contributed by atoms with van der Waals surface area (Å²) in [5.74, 6) is -1.84. The molecule has 3 aromatic rings. The Morgan fingerprint density at radius 2 is 1.43 bits per heavy atom. The summed E-state index contributed by atoms with van der Waals surface area (Å²) in [4.78, 5) is 37.4. The molecule has 0 aliphatic heterocycles. The summed E-state index contributed by atoms with van der Waals surface area (Å²) >= 11 is 0. The number of ether oxygens (including phenoxy) is 1. The fourth-order valence-electron chi connectivity index (χ4n) is 4.50. The number of carboxylic acid groups (broad SMARTS) is 1. The fourth-order valence-corrected chi connectivity index (χ4v) is 4.50. The van der Waals surface area contributed by atoms with Gasteiger partial charge in [-0.05, 0) is 34.2 Å². The molecular weight excluding hydrogens is 444 g/mol. The van der Waals surface area contributed by atoms with Crippen LogP contribution in [0.2, 0.25) is 0 Å². The van der Waals surface area contributed by atoms with Crippen molar-refractivity contribution < 1.29 is 24.2 Å². The number of hydrogen-bond donors (Lipinski definition) is 3. The molecule has 0 radical (unpaired) electrons. The molecule has 3 aromatic carbocycles. The normalized spacial score (nSPS) is 13.7. The second-order valence-corrected chi connectivity index (χ2v) is 8.50. The first-order chi connectivity index (χ1) is 17.0. The Labute approximate surface area is 204 Å². The van der Waals surface area contributed by atoms with Crippen LogP contribution in [-0.4, -0.2) is 35.7 Å². The van der Waals surface area contributed by atoms with Crippen LogP contribution in [0.4, 0.5) is 4.79 Å². The maximum absolute atomic E-state index is 13.0. The van der Waals surface area contributed by atoms with Gasteiger partial charge >= 0.3 is 12.1 Å². The summed E-state index contributed by atoms with van der Waals surface area (Å²) in [6, 6.07) is 22.6. The number of amides is 2. The van der Waals surface area contributed by atoms with Gasteiger partial charge in [-0.3, -0.25) is 4.79 Å². The van der Waals surface area contributed by atoms with Crippen molar-refractivity contribution >= 4 is 18.0 Å². The number of carbonyl (C=O) groups excluding carboxylic acids is 2. The van der Waals surface area contributed by atoms with Crippen molar-refractivity contribution in [3.63, 3.8) is 0 Å². The third kappa shape index (κ3) is 5.35. The van der Waals surface area contributed by atoms with Crippen LogP contribution in [-0.2, 0) is 14.3 Å². The lowest BCUT2D eigenvalue weighted by atomic mass is 9.98. The third-order valence-corrected chi connectivity index (χ3v) is 6.19. The van der Waals surface area contributed by atoms with E-state index in [0.29, 0.717) is 12.0 Å². The van der Waals surface area contributed by atoms with E-state index in [1.54, 1.807) is 30.3 Å². The van der Waals surface area contributed by atoms with Crippen molar-refractivity contribution in [1.82, 2.24) is 10.6 Å². The average Bonchev–Trinajstić information content (AvgIpc) is 3.20. The zero-order valence-electron chi connectivity index (χ0n) is 19.4. The van der Waals surface area contributed by atoms with E-state index in [-0.39, 0.29) is 18.9 Å². The van der Waals surface area contributed by atoms with Crippen molar-refractivity contribution in [3.05, 3.63) is 95.6 Å². The second-order valence-electron chi connectivity index (χ2n) is 8.50. The summed E-state index contributed by atoms with van der Waals surface area (Å²) in [7, 11) is 0. The first kappa shape index (κ1) is 24.0. The maximum Gasteiger partial charge on any atom is 0.408 e. The highest BCUT2D eigenvalue weighted by Crippen LogP contribution is 2.44.